The summed E-state index contributed by atoms with van der Waals surface area (Å²) >= 11 is 1.82. The molecular formula is C12H19NOS. The number of aryl methyl sites for hydroxylation is 1. The maximum absolute atomic E-state index is 8.99. The van der Waals surface area contributed by atoms with Crippen molar-refractivity contribution >= 4 is 11.3 Å². The molecule has 1 aliphatic rings. The molecule has 1 heterocycles. The Morgan fingerprint density at radius 3 is 2.93 bits per heavy atom. The largest absolute Gasteiger partial charge is 0.396 e. The van der Waals surface area contributed by atoms with Gasteiger partial charge in [0, 0.05) is 24.1 Å². The van der Waals surface area contributed by atoms with Gasteiger partial charge in [0.2, 0.25) is 0 Å². The first kappa shape index (κ1) is 11.1. The van der Waals surface area contributed by atoms with E-state index >= 15 is 0 Å². The summed E-state index contributed by atoms with van der Waals surface area (Å²) in [6, 6.07) is 2.69. The van der Waals surface area contributed by atoms with E-state index in [4.69, 9.17) is 5.11 Å². The van der Waals surface area contributed by atoms with Crippen LogP contribution in [-0.4, -0.2) is 17.8 Å². The molecule has 0 amide bonds. The lowest BCUT2D eigenvalue weighted by molar-refractivity contribution is 0.256. The summed E-state index contributed by atoms with van der Waals surface area (Å²) < 4.78 is 0. The van der Waals surface area contributed by atoms with E-state index in [1.54, 1.807) is 0 Å². The second-order valence-corrected chi connectivity index (χ2v) is 5.36. The van der Waals surface area contributed by atoms with Crippen molar-refractivity contribution in [2.45, 2.75) is 38.8 Å². The van der Waals surface area contributed by atoms with Crippen LogP contribution in [0, 0.1) is 12.8 Å². The van der Waals surface area contributed by atoms with Gasteiger partial charge in [-0.05, 0) is 49.1 Å². The molecule has 1 aromatic heterocycles. The van der Waals surface area contributed by atoms with Crippen molar-refractivity contribution in [1.82, 2.24) is 5.32 Å². The van der Waals surface area contributed by atoms with E-state index in [-0.39, 0.29) is 0 Å². The van der Waals surface area contributed by atoms with Crippen molar-refractivity contribution in [1.29, 1.82) is 0 Å². The smallest absolute Gasteiger partial charge is 0.0445 e. The fourth-order valence-corrected chi connectivity index (χ4v) is 2.81. The summed E-state index contributed by atoms with van der Waals surface area (Å²) in [5.41, 5.74) is 1.38. The van der Waals surface area contributed by atoms with Crippen LogP contribution in [0.25, 0.3) is 0 Å². The maximum atomic E-state index is 8.99. The van der Waals surface area contributed by atoms with E-state index in [9.17, 15) is 0 Å². The zero-order valence-electron chi connectivity index (χ0n) is 9.20. The molecule has 0 saturated heterocycles. The van der Waals surface area contributed by atoms with Gasteiger partial charge in [-0.25, -0.2) is 0 Å². The van der Waals surface area contributed by atoms with Crippen LogP contribution in [0.2, 0.25) is 0 Å². The minimum Gasteiger partial charge on any atom is -0.396 e. The number of aliphatic hydroxyl groups is 1. The average Bonchev–Trinajstić information content (AvgIpc) is 2.98. The van der Waals surface area contributed by atoms with Crippen molar-refractivity contribution < 1.29 is 5.11 Å². The van der Waals surface area contributed by atoms with Crippen LogP contribution < -0.4 is 5.32 Å². The Labute approximate surface area is 95.3 Å². The highest BCUT2D eigenvalue weighted by Gasteiger charge is 2.30. The van der Waals surface area contributed by atoms with E-state index < -0.39 is 0 Å². The molecule has 0 radical (unpaired) electrons. The van der Waals surface area contributed by atoms with Crippen LogP contribution in [0.1, 0.15) is 29.7 Å². The topological polar surface area (TPSA) is 32.3 Å². The van der Waals surface area contributed by atoms with Crippen LogP contribution in [0.5, 0.6) is 0 Å². The van der Waals surface area contributed by atoms with Crippen molar-refractivity contribution in [2.24, 2.45) is 5.92 Å². The molecule has 1 fully saturated rings. The first-order valence-corrected chi connectivity index (χ1v) is 6.56. The Morgan fingerprint density at radius 2 is 2.40 bits per heavy atom. The summed E-state index contributed by atoms with van der Waals surface area (Å²) in [5, 5.41) is 14.7. The van der Waals surface area contributed by atoms with Gasteiger partial charge >= 0.3 is 0 Å². The number of rotatable bonds is 6. The van der Waals surface area contributed by atoms with Gasteiger partial charge < -0.3 is 10.4 Å². The van der Waals surface area contributed by atoms with Gasteiger partial charge in [0.05, 0.1) is 0 Å². The standard InChI is InChI=1S/C12H19NOS/c1-9-5-7-15-12(9)8-13-11(4-6-14)10-2-3-10/h5,7,10-11,13-14H,2-4,6,8H2,1H3. The summed E-state index contributed by atoms with van der Waals surface area (Å²) in [6.07, 6.45) is 3.57. The molecule has 15 heavy (non-hydrogen) atoms. The highest BCUT2D eigenvalue weighted by Crippen LogP contribution is 2.34. The van der Waals surface area contributed by atoms with Crippen molar-refractivity contribution in [3.63, 3.8) is 0 Å². The quantitative estimate of drug-likeness (QED) is 0.778. The van der Waals surface area contributed by atoms with Gasteiger partial charge in [0.15, 0.2) is 0 Å². The molecular weight excluding hydrogens is 206 g/mol. The number of thiophene rings is 1. The minimum absolute atomic E-state index is 0.303. The van der Waals surface area contributed by atoms with Crippen LogP contribution in [-0.2, 0) is 6.54 Å². The van der Waals surface area contributed by atoms with Crippen molar-refractivity contribution in [2.75, 3.05) is 6.61 Å². The van der Waals surface area contributed by atoms with Gasteiger partial charge in [-0.1, -0.05) is 0 Å². The zero-order chi connectivity index (χ0) is 10.7. The van der Waals surface area contributed by atoms with Crippen LogP contribution >= 0.6 is 11.3 Å². The molecule has 84 valence electrons. The molecule has 1 aliphatic carbocycles. The number of hydrogen-bond acceptors (Lipinski definition) is 3. The molecule has 0 aromatic carbocycles. The van der Waals surface area contributed by atoms with E-state index in [1.807, 2.05) is 11.3 Å². The highest BCUT2D eigenvalue weighted by molar-refractivity contribution is 7.10. The predicted molar refractivity (Wildman–Crippen MR) is 64.1 cm³/mol. The van der Waals surface area contributed by atoms with E-state index in [2.05, 4.69) is 23.7 Å². The highest BCUT2D eigenvalue weighted by atomic mass is 32.1. The number of hydrogen-bond donors (Lipinski definition) is 2. The minimum atomic E-state index is 0.303. The van der Waals surface area contributed by atoms with E-state index in [0.717, 1.165) is 18.9 Å². The van der Waals surface area contributed by atoms with Crippen molar-refractivity contribution in [3.8, 4) is 0 Å². The van der Waals surface area contributed by atoms with Gasteiger partial charge in [0.25, 0.3) is 0 Å². The molecule has 2 rings (SSSR count). The lowest BCUT2D eigenvalue weighted by atomic mass is 10.1. The third-order valence-electron chi connectivity index (χ3n) is 3.12. The fraction of sp³-hybridized carbons (Fsp3) is 0.667. The number of aliphatic hydroxyl groups excluding tert-OH is 1. The summed E-state index contributed by atoms with van der Waals surface area (Å²) in [7, 11) is 0. The third kappa shape index (κ3) is 3.03. The van der Waals surface area contributed by atoms with Crippen LogP contribution in [0.4, 0.5) is 0 Å². The molecule has 0 spiro atoms. The second kappa shape index (κ2) is 5.10. The third-order valence-corrected chi connectivity index (χ3v) is 4.15. The second-order valence-electron chi connectivity index (χ2n) is 4.36. The number of nitrogens with one attached hydrogen (secondary N) is 1. The molecule has 0 aliphatic heterocycles. The Balaban J connectivity index is 1.82. The summed E-state index contributed by atoms with van der Waals surface area (Å²) in [4.78, 5) is 1.43. The molecule has 2 N–H and O–H groups in total. The molecule has 3 heteroatoms. The van der Waals surface area contributed by atoms with Crippen molar-refractivity contribution in [3.05, 3.63) is 21.9 Å². The monoisotopic (exact) mass is 225 g/mol. The SMILES string of the molecule is Cc1ccsc1CNC(CCO)C1CC1. The van der Waals surface area contributed by atoms with Gasteiger partial charge in [-0.3, -0.25) is 0 Å². The predicted octanol–water partition coefficient (Wildman–Crippen LogP) is 2.31. The Bertz CT molecular complexity index is 306. The molecule has 1 saturated carbocycles. The fourth-order valence-electron chi connectivity index (χ4n) is 1.95. The zero-order valence-corrected chi connectivity index (χ0v) is 10.0. The summed E-state index contributed by atoms with van der Waals surface area (Å²) in [5.74, 6) is 0.817. The van der Waals surface area contributed by atoms with Gasteiger partial charge in [-0.2, -0.15) is 0 Å². The summed E-state index contributed by atoms with van der Waals surface area (Å²) in [6.45, 7) is 3.42. The Hall–Kier alpha value is -0.380. The first-order valence-electron chi connectivity index (χ1n) is 5.68. The molecule has 1 aromatic rings. The lowest BCUT2D eigenvalue weighted by Gasteiger charge is -2.16. The average molecular weight is 225 g/mol. The van der Waals surface area contributed by atoms with E-state index in [0.29, 0.717) is 12.6 Å². The molecule has 0 bridgehead atoms. The molecule has 1 atom stereocenters. The van der Waals surface area contributed by atoms with Crippen LogP contribution in [0.15, 0.2) is 11.4 Å². The van der Waals surface area contributed by atoms with Gasteiger partial charge in [0.1, 0.15) is 0 Å². The Kier molecular flexibility index (Phi) is 3.78. The lowest BCUT2D eigenvalue weighted by Crippen LogP contribution is -2.31. The van der Waals surface area contributed by atoms with E-state index in [1.165, 1.54) is 23.3 Å². The molecule has 2 nitrogen and oxygen atoms in total. The Morgan fingerprint density at radius 1 is 1.60 bits per heavy atom. The van der Waals surface area contributed by atoms with Gasteiger partial charge in [-0.15, -0.1) is 11.3 Å². The normalized spacial score (nSPS) is 18.0. The van der Waals surface area contributed by atoms with Crippen LogP contribution in [0.3, 0.4) is 0 Å². The first-order chi connectivity index (χ1) is 7.31. The molecule has 1 unspecified atom stereocenters. The maximum Gasteiger partial charge on any atom is 0.0445 e.